The number of benzene rings is 1. The Morgan fingerprint density at radius 2 is 2.07 bits per heavy atom. The lowest BCUT2D eigenvalue weighted by Gasteiger charge is -1.95. The van der Waals surface area contributed by atoms with Crippen molar-refractivity contribution < 1.29 is 14.6 Å². The molecule has 0 aliphatic carbocycles. The van der Waals surface area contributed by atoms with Gasteiger partial charge in [0.2, 0.25) is 0 Å². The van der Waals surface area contributed by atoms with Crippen molar-refractivity contribution in [2.75, 3.05) is 0 Å². The molecule has 0 unspecified atom stereocenters. The summed E-state index contributed by atoms with van der Waals surface area (Å²) in [5.74, 6) is 0.343. The van der Waals surface area contributed by atoms with Gasteiger partial charge < -0.3 is 14.8 Å². The SMILES string of the molecule is O=C(O)Oc1ccccc1.c1c[nH]cn1. The average Bonchev–Trinajstić information content (AvgIpc) is 2.76. The van der Waals surface area contributed by atoms with Crippen molar-refractivity contribution in [1.29, 1.82) is 0 Å². The molecule has 0 saturated carbocycles. The molecule has 2 rings (SSSR count). The van der Waals surface area contributed by atoms with Gasteiger partial charge in [0.15, 0.2) is 0 Å². The van der Waals surface area contributed by atoms with Crippen LogP contribution >= 0.6 is 0 Å². The summed E-state index contributed by atoms with van der Waals surface area (Å²) in [6.07, 6.45) is 3.80. The van der Waals surface area contributed by atoms with Gasteiger partial charge in [-0.05, 0) is 12.1 Å². The number of hydrogen-bond acceptors (Lipinski definition) is 3. The zero-order valence-corrected chi connectivity index (χ0v) is 7.83. The Hall–Kier alpha value is -2.30. The second-order valence-corrected chi connectivity index (χ2v) is 2.44. The van der Waals surface area contributed by atoms with E-state index in [1.165, 1.54) is 0 Å². The van der Waals surface area contributed by atoms with Gasteiger partial charge in [-0.3, -0.25) is 0 Å². The van der Waals surface area contributed by atoms with Gasteiger partial charge in [0, 0.05) is 12.4 Å². The van der Waals surface area contributed by atoms with E-state index in [0.29, 0.717) is 5.75 Å². The predicted octanol–water partition coefficient (Wildman–Crippen LogP) is 2.15. The van der Waals surface area contributed by atoms with Crippen molar-refractivity contribution in [3.8, 4) is 5.75 Å². The fourth-order valence-corrected chi connectivity index (χ4v) is 0.805. The standard InChI is InChI=1S/C7H6O3.C3H4N2/c8-7(9)10-6-4-2-1-3-5-6;1-2-5-3-4-1/h1-5H,(H,8,9);1-3H,(H,4,5). The second-order valence-electron chi connectivity index (χ2n) is 2.44. The number of carboxylic acid groups (broad SMARTS) is 1. The molecule has 0 fully saturated rings. The van der Waals surface area contributed by atoms with Gasteiger partial charge in [0.05, 0.1) is 6.33 Å². The maximum atomic E-state index is 9.95. The van der Waals surface area contributed by atoms with Crippen molar-refractivity contribution in [2.24, 2.45) is 0 Å². The number of nitrogens with one attached hydrogen (secondary N) is 1. The lowest BCUT2D eigenvalue weighted by Crippen LogP contribution is -2.02. The van der Waals surface area contributed by atoms with E-state index < -0.39 is 6.16 Å². The van der Waals surface area contributed by atoms with E-state index in [1.807, 2.05) is 0 Å². The Labute approximate surface area is 86.4 Å². The largest absolute Gasteiger partial charge is 0.511 e. The van der Waals surface area contributed by atoms with Gasteiger partial charge in [0.25, 0.3) is 0 Å². The molecule has 1 aromatic carbocycles. The van der Waals surface area contributed by atoms with Crippen LogP contribution in [0, 0.1) is 0 Å². The van der Waals surface area contributed by atoms with Crippen LogP contribution < -0.4 is 4.74 Å². The van der Waals surface area contributed by atoms with Gasteiger partial charge in [-0.25, -0.2) is 9.78 Å². The first kappa shape index (κ1) is 10.8. The molecule has 5 nitrogen and oxygen atoms in total. The van der Waals surface area contributed by atoms with Crippen LogP contribution in [0.3, 0.4) is 0 Å². The van der Waals surface area contributed by atoms with E-state index in [2.05, 4.69) is 14.7 Å². The molecule has 0 atom stereocenters. The maximum Gasteiger partial charge on any atom is 0.511 e. The Kier molecular flexibility index (Phi) is 4.45. The number of ether oxygens (including phenoxy) is 1. The molecule has 0 radical (unpaired) electrons. The molecule has 78 valence electrons. The molecule has 0 saturated heterocycles. The number of aromatic nitrogens is 2. The van der Waals surface area contributed by atoms with E-state index in [9.17, 15) is 4.79 Å². The van der Waals surface area contributed by atoms with Crippen molar-refractivity contribution in [2.45, 2.75) is 0 Å². The zero-order valence-electron chi connectivity index (χ0n) is 7.83. The Morgan fingerprint density at radius 1 is 1.33 bits per heavy atom. The monoisotopic (exact) mass is 206 g/mol. The van der Waals surface area contributed by atoms with E-state index in [1.54, 1.807) is 49.1 Å². The van der Waals surface area contributed by atoms with Gasteiger partial charge in [-0.1, -0.05) is 18.2 Å². The van der Waals surface area contributed by atoms with E-state index >= 15 is 0 Å². The van der Waals surface area contributed by atoms with Crippen LogP contribution in [0.25, 0.3) is 0 Å². The lowest BCUT2D eigenvalue weighted by molar-refractivity contribution is 0.144. The second kappa shape index (κ2) is 6.20. The average molecular weight is 206 g/mol. The summed E-state index contributed by atoms with van der Waals surface area (Å²) in [6, 6.07) is 8.35. The molecular weight excluding hydrogens is 196 g/mol. The molecule has 15 heavy (non-hydrogen) atoms. The third kappa shape index (κ3) is 5.09. The van der Waals surface area contributed by atoms with E-state index in [0.717, 1.165) is 0 Å². The number of imidazole rings is 1. The van der Waals surface area contributed by atoms with Crippen molar-refractivity contribution in [3.05, 3.63) is 49.1 Å². The van der Waals surface area contributed by atoms with Crippen molar-refractivity contribution >= 4 is 6.16 Å². The molecule has 0 bridgehead atoms. The number of carbonyl (C=O) groups is 1. The molecule has 2 N–H and O–H groups in total. The fourth-order valence-electron chi connectivity index (χ4n) is 0.805. The smallest absolute Gasteiger partial charge is 0.449 e. The van der Waals surface area contributed by atoms with Gasteiger partial charge in [-0.15, -0.1) is 0 Å². The van der Waals surface area contributed by atoms with Gasteiger partial charge >= 0.3 is 6.16 Å². The van der Waals surface area contributed by atoms with Crippen molar-refractivity contribution in [1.82, 2.24) is 9.97 Å². The number of para-hydroxylation sites is 1. The summed E-state index contributed by atoms with van der Waals surface area (Å²) < 4.78 is 4.33. The van der Waals surface area contributed by atoms with Crippen LogP contribution in [0.15, 0.2) is 49.1 Å². The van der Waals surface area contributed by atoms with Crippen LogP contribution in [0.2, 0.25) is 0 Å². The van der Waals surface area contributed by atoms with Crippen LogP contribution in [0.5, 0.6) is 5.75 Å². The third-order valence-electron chi connectivity index (χ3n) is 1.35. The number of aromatic amines is 1. The quantitative estimate of drug-likeness (QED) is 0.553. The molecule has 1 aromatic heterocycles. The summed E-state index contributed by atoms with van der Waals surface area (Å²) in [6.45, 7) is 0. The predicted molar refractivity (Wildman–Crippen MR) is 53.7 cm³/mol. The topological polar surface area (TPSA) is 75.2 Å². The highest BCUT2D eigenvalue weighted by molar-refractivity contribution is 5.60. The summed E-state index contributed by atoms with van der Waals surface area (Å²) in [5, 5.41) is 8.14. The van der Waals surface area contributed by atoms with Crippen LogP contribution in [-0.4, -0.2) is 21.2 Å². The minimum atomic E-state index is -1.29. The van der Waals surface area contributed by atoms with Crippen LogP contribution in [0.4, 0.5) is 4.79 Å². The Morgan fingerprint density at radius 3 is 2.47 bits per heavy atom. The fraction of sp³-hybridized carbons (Fsp3) is 0. The summed E-state index contributed by atoms with van der Waals surface area (Å²) in [4.78, 5) is 16.4. The van der Waals surface area contributed by atoms with Gasteiger partial charge in [0.1, 0.15) is 5.75 Å². The summed E-state index contributed by atoms with van der Waals surface area (Å²) in [5.41, 5.74) is 0. The van der Waals surface area contributed by atoms with Crippen LogP contribution in [0.1, 0.15) is 0 Å². The highest BCUT2D eigenvalue weighted by Gasteiger charge is 1.96. The highest BCUT2D eigenvalue weighted by Crippen LogP contribution is 2.07. The molecule has 0 aliphatic rings. The molecule has 5 heteroatoms. The first-order valence-corrected chi connectivity index (χ1v) is 4.17. The minimum absolute atomic E-state index is 0.343. The maximum absolute atomic E-state index is 9.95. The minimum Gasteiger partial charge on any atom is -0.449 e. The van der Waals surface area contributed by atoms with Gasteiger partial charge in [-0.2, -0.15) is 0 Å². The first-order chi connectivity index (χ1) is 7.29. The van der Waals surface area contributed by atoms with E-state index in [-0.39, 0.29) is 0 Å². The normalized spacial score (nSPS) is 8.53. The number of rotatable bonds is 1. The highest BCUT2D eigenvalue weighted by atomic mass is 16.7. The summed E-state index contributed by atoms with van der Waals surface area (Å²) >= 11 is 0. The Bertz CT molecular complexity index is 356. The molecule has 0 spiro atoms. The zero-order chi connectivity index (χ0) is 10.9. The molecule has 0 amide bonds. The van der Waals surface area contributed by atoms with Crippen molar-refractivity contribution in [3.63, 3.8) is 0 Å². The molecule has 0 aliphatic heterocycles. The molecular formula is C10H10N2O3. The Balaban J connectivity index is 0.000000187. The summed E-state index contributed by atoms with van der Waals surface area (Å²) in [7, 11) is 0. The number of H-pyrrole nitrogens is 1. The first-order valence-electron chi connectivity index (χ1n) is 4.17. The third-order valence-corrected chi connectivity index (χ3v) is 1.35. The molecule has 2 aromatic rings. The van der Waals surface area contributed by atoms with Crippen LogP contribution in [-0.2, 0) is 0 Å². The molecule has 1 heterocycles. The van der Waals surface area contributed by atoms with E-state index in [4.69, 9.17) is 5.11 Å². The number of hydrogen-bond donors (Lipinski definition) is 2. The number of nitrogens with zero attached hydrogens (tertiary/aromatic N) is 1. The lowest BCUT2D eigenvalue weighted by atomic mass is 10.3.